The molecular formula is C13H18NO2P. The highest BCUT2D eigenvalue weighted by Crippen LogP contribution is 2.31. The smallest absolute Gasteiger partial charge is 0.338 e. The molecule has 0 amide bonds. The number of ether oxygens (including phenoxy) is 1. The number of nitrogens with zero attached hydrogens (tertiary/aromatic N) is 1. The second-order valence-corrected chi connectivity index (χ2v) is 5.12. The van der Waals surface area contributed by atoms with Gasteiger partial charge in [0.05, 0.1) is 12.7 Å². The Balaban J connectivity index is 2.23. The summed E-state index contributed by atoms with van der Waals surface area (Å²) < 4.78 is 7.08. The molecule has 17 heavy (non-hydrogen) atoms. The Kier molecular flexibility index (Phi) is 4.14. The number of rotatable bonds is 2. The number of piperidine rings is 1. The highest BCUT2D eigenvalue weighted by molar-refractivity contribution is 7.13. The maximum atomic E-state index is 11.7. The van der Waals surface area contributed by atoms with E-state index in [0.717, 1.165) is 37.1 Å². The molecule has 92 valence electrons. The predicted octanol–water partition coefficient (Wildman–Crippen LogP) is 2.44. The van der Waals surface area contributed by atoms with Crippen LogP contribution in [0.2, 0.25) is 0 Å². The van der Waals surface area contributed by atoms with E-state index in [1.54, 1.807) is 0 Å². The molecule has 0 radical (unpaired) electrons. The van der Waals surface area contributed by atoms with Gasteiger partial charge in [0.25, 0.3) is 0 Å². The van der Waals surface area contributed by atoms with Gasteiger partial charge in [0.15, 0.2) is 0 Å². The summed E-state index contributed by atoms with van der Waals surface area (Å²) in [6.45, 7) is 2.12. The Bertz CT molecular complexity index is 400. The topological polar surface area (TPSA) is 29.5 Å². The normalized spacial score (nSPS) is 18.0. The van der Waals surface area contributed by atoms with Crippen LogP contribution in [0.4, 0.5) is 0 Å². The third-order valence-corrected chi connectivity index (χ3v) is 3.85. The van der Waals surface area contributed by atoms with Crippen molar-refractivity contribution in [1.82, 2.24) is 4.67 Å². The molecule has 1 aliphatic heterocycles. The number of carbonyl (C=O) groups is 1. The van der Waals surface area contributed by atoms with Gasteiger partial charge < -0.3 is 4.74 Å². The molecule has 0 saturated carbocycles. The fourth-order valence-corrected chi connectivity index (χ4v) is 2.66. The van der Waals surface area contributed by atoms with Crippen molar-refractivity contribution >= 4 is 15.4 Å². The van der Waals surface area contributed by atoms with E-state index in [2.05, 4.69) is 20.1 Å². The average Bonchev–Trinajstić information content (AvgIpc) is 2.39. The highest BCUT2D eigenvalue weighted by atomic mass is 31.0. The zero-order valence-electron chi connectivity index (χ0n) is 10.1. The van der Waals surface area contributed by atoms with Crippen molar-refractivity contribution in [3.05, 3.63) is 35.4 Å². The molecule has 0 aromatic heterocycles. The second kappa shape index (κ2) is 5.61. The van der Waals surface area contributed by atoms with Crippen molar-refractivity contribution in [1.29, 1.82) is 0 Å². The molecule has 0 N–H and O–H groups in total. The van der Waals surface area contributed by atoms with Crippen LogP contribution in [-0.4, -0.2) is 30.8 Å². The summed E-state index contributed by atoms with van der Waals surface area (Å²) in [5.41, 5.74) is 1.86. The molecule has 1 unspecified atom stereocenters. The first-order valence-corrected chi connectivity index (χ1v) is 6.41. The van der Waals surface area contributed by atoms with Gasteiger partial charge in [0.2, 0.25) is 0 Å². The Morgan fingerprint density at radius 2 is 2.00 bits per heavy atom. The van der Waals surface area contributed by atoms with Gasteiger partial charge in [-0.3, -0.25) is 4.67 Å². The average molecular weight is 251 g/mol. The van der Waals surface area contributed by atoms with Crippen LogP contribution in [0, 0.1) is 0 Å². The highest BCUT2D eigenvalue weighted by Gasteiger charge is 2.22. The first kappa shape index (κ1) is 12.5. The van der Waals surface area contributed by atoms with E-state index in [4.69, 9.17) is 4.74 Å². The summed E-state index contributed by atoms with van der Waals surface area (Å²) in [6, 6.07) is 7.79. The predicted molar refractivity (Wildman–Crippen MR) is 71.0 cm³/mol. The summed E-state index contributed by atoms with van der Waals surface area (Å²) in [5.74, 6) is 0.246. The van der Waals surface area contributed by atoms with Crippen LogP contribution in [0.5, 0.6) is 0 Å². The van der Waals surface area contributed by atoms with Crippen LogP contribution >= 0.6 is 9.39 Å². The third-order valence-electron chi connectivity index (χ3n) is 3.34. The van der Waals surface area contributed by atoms with Crippen LogP contribution in [0.25, 0.3) is 0 Å². The lowest BCUT2D eigenvalue weighted by Crippen LogP contribution is -2.25. The van der Waals surface area contributed by atoms with Crippen molar-refractivity contribution < 1.29 is 9.53 Å². The molecule has 2 rings (SSSR count). The van der Waals surface area contributed by atoms with E-state index in [0.29, 0.717) is 5.92 Å². The molecule has 1 heterocycles. The lowest BCUT2D eigenvalue weighted by Gasteiger charge is -2.29. The summed E-state index contributed by atoms with van der Waals surface area (Å²) in [7, 11) is 4.18. The van der Waals surface area contributed by atoms with Crippen molar-refractivity contribution in [2.75, 3.05) is 20.2 Å². The molecular weight excluding hydrogens is 233 g/mol. The number of hydrogen-bond donors (Lipinski definition) is 0. The maximum Gasteiger partial charge on any atom is 0.338 e. The fourth-order valence-electron chi connectivity index (χ4n) is 2.36. The van der Waals surface area contributed by atoms with Gasteiger partial charge in [-0.2, -0.15) is 0 Å². The van der Waals surface area contributed by atoms with Crippen LogP contribution in [-0.2, 0) is 4.74 Å². The lowest BCUT2D eigenvalue weighted by molar-refractivity contribution is 0.0598. The molecule has 0 aliphatic carbocycles. The van der Waals surface area contributed by atoms with E-state index in [1.165, 1.54) is 7.11 Å². The van der Waals surface area contributed by atoms with Crippen LogP contribution in [0.15, 0.2) is 24.3 Å². The van der Waals surface area contributed by atoms with Crippen LogP contribution in [0.1, 0.15) is 34.7 Å². The minimum absolute atomic E-state index is 0.228. The molecule has 4 heteroatoms. The lowest BCUT2D eigenvalue weighted by atomic mass is 9.87. The zero-order valence-corrected chi connectivity index (χ0v) is 11.2. The standard InChI is InChI=1S/C13H18NO2P/c1-16-13(15)12-5-3-2-4-11(12)10-6-8-14(17)9-7-10/h2-5,10H,6-9,17H2,1H3. The monoisotopic (exact) mass is 251 g/mol. The van der Waals surface area contributed by atoms with Gasteiger partial charge in [0, 0.05) is 13.1 Å². The molecule has 0 spiro atoms. The first-order chi connectivity index (χ1) is 8.22. The Hall–Kier alpha value is -0.920. The van der Waals surface area contributed by atoms with Crippen molar-refractivity contribution in [3.63, 3.8) is 0 Å². The fraction of sp³-hybridized carbons (Fsp3) is 0.462. The quantitative estimate of drug-likeness (QED) is 0.597. The maximum absolute atomic E-state index is 11.7. The second-order valence-electron chi connectivity index (χ2n) is 4.39. The van der Waals surface area contributed by atoms with Crippen molar-refractivity contribution in [2.24, 2.45) is 0 Å². The number of hydrogen-bond acceptors (Lipinski definition) is 3. The van der Waals surface area contributed by atoms with Gasteiger partial charge >= 0.3 is 5.97 Å². The van der Waals surface area contributed by atoms with E-state index in [1.807, 2.05) is 18.2 Å². The molecule has 1 atom stereocenters. The number of methoxy groups -OCH3 is 1. The van der Waals surface area contributed by atoms with E-state index in [9.17, 15) is 4.79 Å². The minimum Gasteiger partial charge on any atom is -0.465 e. The summed E-state index contributed by atoms with van der Waals surface area (Å²) in [6.07, 6.45) is 2.19. The van der Waals surface area contributed by atoms with E-state index >= 15 is 0 Å². The number of benzene rings is 1. The van der Waals surface area contributed by atoms with E-state index in [-0.39, 0.29) is 5.97 Å². The van der Waals surface area contributed by atoms with Gasteiger partial charge in [-0.25, -0.2) is 4.79 Å². The Labute approximate surface area is 104 Å². The van der Waals surface area contributed by atoms with Crippen molar-refractivity contribution in [2.45, 2.75) is 18.8 Å². The molecule has 1 aromatic carbocycles. The Morgan fingerprint density at radius 3 is 2.65 bits per heavy atom. The molecule has 3 nitrogen and oxygen atoms in total. The van der Waals surface area contributed by atoms with Gasteiger partial charge in [-0.15, -0.1) is 0 Å². The summed E-state index contributed by atoms with van der Waals surface area (Å²) >= 11 is 0. The zero-order chi connectivity index (χ0) is 12.3. The van der Waals surface area contributed by atoms with E-state index < -0.39 is 0 Å². The Morgan fingerprint density at radius 1 is 1.35 bits per heavy atom. The SMILES string of the molecule is COC(=O)c1ccccc1C1CCN(P)CC1. The molecule has 1 aliphatic rings. The largest absolute Gasteiger partial charge is 0.465 e. The minimum atomic E-state index is -0.228. The molecule has 1 saturated heterocycles. The number of esters is 1. The van der Waals surface area contributed by atoms with Crippen LogP contribution in [0.3, 0.4) is 0 Å². The van der Waals surface area contributed by atoms with Gasteiger partial charge in [-0.1, -0.05) is 27.6 Å². The summed E-state index contributed by atoms with van der Waals surface area (Å²) in [4.78, 5) is 11.7. The van der Waals surface area contributed by atoms with Gasteiger partial charge in [0.1, 0.15) is 0 Å². The van der Waals surface area contributed by atoms with Gasteiger partial charge in [-0.05, 0) is 30.4 Å². The molecule has 1 fully saturated rings. The molecule has 1 aromatic rings. The van der Waals surface area contributed by atoms with Crippen molar-refractivity contribution in [3.8, 4) is 0 Å². The first-order valence-electron chi connectivity index (χ1n) is 5.89. The number of carbonyl (C=O) groups excluding carboxylic acids is 1. The third kappa shape index (κ3) is 2.85. The molecule has 0 bridgehead atoms. The summed E-state index contributed by atoms with van der Waals surface area (Å²) in [5, 5.41) is 0. The van der Waals surface area contributed by atoms with Crippen LogP contribution < -0.4 is 0 Å².